The molecule has 0 aromatic carbocycles. The standard InChI is InChI=1S/C19H25N7O3S3/c1-32(27,28)26-4-2-24(3-5-26)12-13-10-14-17(25-6-8-29-9-7-25)22-16(23-18(14)30-13)15-11-21-19(20)31-15/h10-11H,2-9,12H2,1H3,(H2,20,21). The van der Waals surface area contributed by atoms with E-state index >= 15 is 0 Å². The van der Waals surface area contributed by atoms with Gasteiger partial charge in [0, 0.05) is 50.7 Å². The van der Waals surface area contributed by atoms with Crippen LogP contribution in [0.4, 0.5) is 10.9 Å². The zero-order valence-electron chi connectivity index (χ0n) is 17.7. The Kier molecular flexibility index (Phi) is 6.03. The summed E-state index contributed by atoms with van der Waals surface area (Å²) in [4.78, 5) is 21.4. The number of sulfonamides is 1. The molecule has 2 saturated heterocycles. The molecule has 0 unspecified atom stereocenters. The largest absolute Gasteiger partial charge is 0.378 e. The SMILES string of the molecule is CS(=O)(=O)N1CCN(Cc2cc3c(N4CCOCC4)nc(-c4cnc(N)s4)nc3s2)CC1. The van der Waals surface area contributed by atoms with Crippen LogP contribution >= 0.6 is 22.7 Å². The van der Waals surface area contributed by atoms with Gasteiger partial charge in [-0.1, -0.05) is 11.3 Å². The predicted molar refractivity (Wildman–Crippen MR) is 128 cm³/mol. The Bertz CT molecular complexity index is 1210. The van der Waals surface area contributed by atoms with Gasteiger partial charge in [0.1, 0.15) is 10.6 Å². The van der Waals surface area contributed by atoms with E-state index in [9.17, 15) is 8.42 Å². The van der Waals surface area contributed by atoms with Gasteiger partial charge in [0.15, 0.2) is 11.0 Å². The highest BCUT2D eigenvalue weighted by Gasteiger charge is 2.25. The Morgan fingerprint density at radius 1 is 1.09 bits per heavy atom. The van der Waals surface area contributed by atoms with E-state index in [0.717, 1.165) is 40.5 Å². The zero-order chi connectivity index (χ0) is 22.3. The second-order valence-corrected chi connectivity index (χ2v) is 12.1. The number of thiazole rings is 1. The predicted octanol–water partition coefficient (Wildman–Crippen LogP) is 1.31. The number of anilines is 2. The van der Waals surface area contributed by atoms with Crippen molar-refractivity contribution in [2.75, 3.05) is 69.4 Å². The number of hydrogen-bond acceptors (Lipinski definition) is 11. The lowest BCUT2D eigenvalue weighted by molar-refractivity contribution is 0.122. The molecule has 0 amide bonds. The molecule has 2 N–H and O–H groups in total. The number of nitrogens with two attached hydrogens (primary N) is 1. The maximum Gasteiger partial charge on any atom is 0.211 e. The quantitative estimate of drug-likeness (QED) is 0.559. The fourth-order valence-electron chi connectivity index (χ4n) is 3.99. The molecule has 32 heavy (non-hydrogen) atoms. The number of piperazine rings is 1. The van der Waals surface area contributed by atoms with Gasteiger partial charge < -0.3 is 15.4 Å². The van der Waals surface area contributed by atoms with Crippen molar-refractivity contribution in [3.63, 3.8) is 0 Å². The third-order valence-electron chi connectivity index (χ3n) is 5.66. The first-order valence-corrected chi connectivity index (χ1v) is 13.9. The van der Waals surface area contributed by atoms with Gasteiger partial charge in [-0.05, 0) is 6.07 Å². The van der Waals surface area contributed by atoms with Crippen molar-refractivity contribution in [2.45, 2.75) is 6.54 Å². The second-order valence-electron chi connectivity index (χ2n) is 7.90. The van der Waals surface area contributed by atoms with E-state index in [1.165, 1.54) is 22.5 Å². The van der Waals surface area contributed by atoms with E-state index in [1.807, 2.05) is 0 Å². The average molecular weight is 496 g/mol. The number of rotatable bonds is 5. The maximum atomic E-state index is 11.8. The lowest BCUT2D eigenvalue weighted by Crippen LogP contribution is -2.47. The minimum atomic E-state index is -3.13. The second kappa shape index (κ2) is 8.80. The van der Waals surface area contributed by atoms with Crippen LogP contribution in [0.3, 0.4) is 0 Å². The number of fused-ring (bicyclic) bond motifs is 1. The van der Waals surface area contributed by atoms with Crippen LogP contribution in [0.5, 0.6) is 0 Å². The van der Waals surface area contributed by atoms with E-state index in [4.69, 9.17) is 20.4 Å². The summed E-state index contributed by atoms with van der Waals surface area (Å²) in [6, 6.07) is 2.18. The summed E-state index contributed by atoms with van der Waals surface area (Å²) in [6.07, 6.45) is 2.99. The smallest absolute Gasteiger partial charge is 0.211 e. The molecule has 0 aliphatic carbocycles. The fraction of sp³-hybridized carbons (Fsp3) is 0.526. The van der Waals surface area contributed by atoms with E-state index in [2.05, 4.69) is 20.9 Å². The van der Waals surface area contributed by atoms with Crippen molar-refractivity contribution in [3.05, 3.63) is 17.1 Å². The van der Waals surface area contributed by atoms with Crippen molar-refractivity contribution in [1.82, 2.24) is 24.2 Å². The third-order valence-corrected chi connectivity index (χ3v) is 8.80. The van der Waals surface area contributed by atoms with Gasteiger partial charge in [-0.3, -0.25) is 4.90 Å². The van der Waals surface area contributed by atoms with Gasteiger partial charge in [-0.15, -0.1) is 11.3 Å². The molecule has 172 valence electrons. The first-order valence-electron chi connectivity index (χ1n) is 10.4. The van der Waals surface area contributed by atoms with E-state index in [0.29, 0.717) is 50.3 Å². The van der Waals surface area contributed by atoms with Crippen molar-refractivity contribution < 1.29 is 13.2 Å². The molecule has 0 spiro atoms. The number of nitrogens with zero attached hydrogens (tertiary/aromatic N) is 6. The van der Waals surface area contributed by atoms with Crippen LogP contribution in [0.2, 0.25) is 0 Å². The lowest BCUT2D eigenvalue weighted by atomic mass is 10.2. The summed E-state index contributed by atoms with van der Waals surface area (Å²) in [6.45, 7) is 6.18. The van der Waals surface area contributed by atoms with Gasteiger partial charge in [0.25, 0.3) is 0 Å². The molecule has 0 bridgehead atoms. The monoisotopic (exact) mass is 495 g/mol. The maximum absolute atomic E-state index is 11.8. The number of ether oxygens (including phenoxy) is 1. The molecule has 2 fully saturated rings. The Labute approximate surface area is 194 Å². The van der Waals surface area contributed by atoms with Gasteiger partial charge in [0.2, 0.25) is 10.0 Å². The Balaban J connectivity index is 1.44. The van der Waals surface area contributed by atoms with Gasteiger partial charge >= 0.3 is 0 Å². The van der Waals surface area contributed by atoms with Crippen molar-refractivity contribution in [3.8, 4) is 10.7 Å². The minimum absolute atomic E-state index is 0.497. The Morgan fingerprint density at radius 2 is 1.84 bits per heavy atom. The number of hydrogen-bond donors (Lipinski definition) is 1. The third kappa shape index (κ3) is 4.58. The summed E-state index contributed by atoms with van der Waals surface area (Å²) < 4.78 is 30.6. The summed E-state index contributed by atoms with van der Waals surface area (Å²) >= 11 is 3.04. The summed E-state index contributed by atoms with van der Waals surface area (Å²) in [5.41, 5.74) is 5.84. The molecule has 5 heterocycles. The van der Waals surface area contributed by atoms with E-state index in [1.54, 1.807) is 21.8 Å². The van der Waals surface area contributed by atoms with E-state index in [-0.39, 0.29) is 0 Å². The van der Waals surface area contributed by atoms with Crippen molar-refractivity contribution in [2.24, 2.45) is 0 Å². The molecule has 5 rings (SSSR count). The van der Waals surface area contributed by atoms with Gasteiger partial charge in [0.05, 0.1) is 35.9 Å². The Morgan fingerprint density at radius 3 is 2.50 bits per heavy atom. The highest BCUT2D eigenvalue weighted by molar-refractivity contribution is 7.88. The van der Waals surface area contributed by atoms with Crippen LogP contribution in [0, 0.1) is 0 Å². The van der Waals surface area contributed by atoms with Crippen LogP contribution in [0.1, 0.15) is 4.88 Å². The molecule has 0 saturated carbocycles. The molecule has 3 aromatic rings. The highest BCUT2D eigenvalue weighted by atomic mass is 32.2. The normalized spacial score (nSPS) is 19.1. The van der Waals surface area contributed by atoms with Crippen molar-refractivity contribution >= 4 is 53.9 Å². The van der Waals surface area contributed by atoms with Gasteiger partial charge in [-0.2, -0.15) is 4.31 Å². The minimum Gasteiger partial charge on any atom is -0.378 e. The number of morpholine rings is 1. The summed E-state index contributed by atoms with van der Waals surface area (Å²) in [5, 5.41) is 1.54. The molecular formula is C19H25N7O3S3. The van der Waals surface area contributed by atoms with Crippen LogP contribution in [0.15, 0.2) is 12.3 Å². The van der Waals surface area contributed by atoms with Crippen LogP contribution in [-0.4, -0.2) is 91.3 Å². The van der Waals surface area contributed by atoms with Crippen LogP contribution in [-0.2, 0) is 21.3 Å². The van der Waals surface area contributed by atoms with Crippen molar-refractivity contribution in [1.29, 1.82) is 0 Å². The first kappa shape index (κ1) is 21.9. The molecular weight excluding hydrogens is 470 g/mol. The van der Waals surface area contributed by atoms with Crippen LogP contribution < -0.4 is 10.6 Å². The fourth-order valence-corrected chi connectivity index (χ4v) is 6.50. The van der Waals surface area contributed by atoms with Gasteiger partial charge in [-0.25, -0.2) is 23.4 Å². The molecule has 0 radical (unpaired) electrons. The molecule has 2 aliphatic heterocycles. The average Bonchev–Trinajstić information content (AvgIpc) is 3.39. The number of aromatic nitrogens is 3. The summed E-state index contributed by atoms with van der Waals surface area (Å²) in [7, 11) is -3.13. The lowest BCUT2D eigenvalue weighted by Gasteiger charge is -2.32. The molecule has 3 aromatic heterocycles. The topological polar surface area (TPSA) is 118 Å². The first-order chi connectivity index (χ1) is 15.4. The molecule has 2 aliphatic rings. The molecule has 10 nitrogen and oxygen atoms in total. The number of nitrogen functional groups attached to an aromatic ring is 1. The molecule has 0 atom stereocenters. The zero-order valence-corrected chi connectivity index (χ0v) is 20.2. The Hall–Kier alpha value is -1.90. The summed E-state index contributed by atoms with van der Waals surface area (Å²) in [5.74, 6) is 1.56. The van der Waals surface area contributed by atoms with Crippen LogP contribution in [0.25, 0.3) is 20.9 Å². The molecule has 13 heteroatoms. The highest BCUT2D eigenvalue weighted by Crippen LogP contribution is 2.35. The number of thiophene rings is 1. The van der Waals surface area contributed by atoms with E-state index < -0.39 is 10.0 Å².